The van der Waals surface area contributed by atoms with Gasteiger partial charge in [-0.1, -0.05) is 34.1 Å². The maximum absolute atomic E-state index is 14.0. The number of nitriles is 1. The van der Waals surface area contributed by atoms with Gasteiger partial charge in [0.05, 0.1) is 11.6 Å². The molecule has 2 aromatic carbocycles. The van der Waals surface area contributed by atoms with E-state index in [0.717, 1.165) is 23.9 Å². The predicted octanol–water partition coefficient (Wildman–Crippen LogP) is 3.86. The zero-order valence-corrected chi connectivity index (χ0v) is 16.1. The van der Waals surface area contributed by atoms with Gasteiger partial charge < -0.3 is 10.6 Å². The summed E-state index contributed by atoms with van der Waals surface area (Å²) in [6.07, 6.45) is 2.27. The molecule has 1 saturated carbocycles. The second-order valence-corrected chi connectivity index (χ2v) is 7.40. The number of benzene rings is 2. The number of nitrogens with one attached hydrogen (secondary N) is 2. The van der Waals surface area contributed by atoms with Crippen LogP contribution < -0.4 is 10.6 Å². The normalized spacial score (nSPS) is 15.2. The molecule has 0 radical (unpaired) electrons. The molecule has 1 fully saturated rings. The number of rotatable bonds is 5. The average molecular weight is 415 g/mol. The number of nitrogens with zero attached hydrogens (tertiary/aromatic N) is 2. The molecule has 0 aromatic heterocycles. The number of halogens is 2. The van der Waals surface area contributed by atoms with E-state index in [4.69, 9.17) is 5.26 Å². The molecule has 1 aliphatic rings. The molecule has 0 heterocycles. The third-order valence-corrected chi connectivity index (χ3v) is 5.23. The lowest BCUT2D eigenvalue weighted by molar-refractivity contribution is 0.601. The van der Waals surface area contributed by atoms with Crippen molar-refractivity contribution in [2.24, 2.45) is 4.99 Å². The second kappa shape index (κ2) is 7.88. The lowest BCUT2D eigenvalue weighted by Gasteiger charge is -2.19. The van der Waals surface area contributed by atoms with Crippen LogP contribution in [0, 0.1) is 17.1 Å². The zero-order valence-electron chi connectivity index (χ0n) is 14.5. The van der Waals surface area contributed by atoms with E-state index in [1.54, 1.807) is 19.2 Å². The van der Waals surface area contributed by atoms with E-state index in [1.165, 1.54) is 11.6 Å². The highest BCUT2D eigenvalue weighted by molar-refractivity contribution is 9.10. The van der Waals surface area contributed by atoms with Gasteiger partial charge in [0.15, 0.2) is 5.96 Å². The molecule has 0 unspecified atom stereocenters. The lowest BCUT2D eigenvalue weighted by atomic mass is 9.96. The fourth-order valence-corrected chi connectivity index (χ4v) is 3.35. The quantitative estimate of drug-likeness (QED) is 0.576. The summed E-state index contributed by atoms with van der Waals surface area (Å²) >= 11 is 3.53. The molecule has 0 atom stereocenters. The Morgan fingerprint density at radius 2 is 2.08 bits per heavy atom. The van der Waals surface area contributed by atoms with Crippen molar-refractivity contribution in [2.45, 2.75) is 24.8 Å². The SMILES string of the molecule is CN=C(NCc1ccc(C#N)cc1F)NCC1(c2cccc(Br)c2)CC1. The molecule has 0 saturated heterocycles. The Hall–Kier alpha value is -2.39. The van der Waals surface area contributed by atoms with Gasteiger partial charge in [0.2, 0.25) is 0 Å². The van der Waals surface area contributed by atoms with Gasteiger partial charge in [-0.25, -0.2) is 4.39 Å². The van der Waals surface area contributed by atoms with E-state index in [2.05, 4.69) is 49.8 Å². The van der Waals surface area contributed by atoms with E-state index >= 15 is 0 Å². The van der Waals surface area contributed by atoms with Crippen molar-refractivity contribution in [3.05, 3.63) is 69.4 Å². The van der Waals surface area contributed by atoms with Gasteiger partial charge in [0.25, 0.3) is 0 Å². The van der Waals surface area contributed by atoms with E-state index in [9.17, 15) is 4.39 Å². The van der Waals surface area contributed by atoms with Crippen molar-refractivity contribution in [3.8, 4) is 6.07 Å². The number of hydrogen-bond acceptors (Lipinski definition) is 2. The minimum Gasteiger partial charge on any atom is -0.356 e. The molecule has 0 aliphatic heterocycles. The fourth-order valence-electron chi connectivity index (χ4n) is 2.95. The van der Waals surface area contributed by atoms with Crippen molar-refractivity contribution >= 4 is 21.9 Å². The van der Waals surface area contributed by atoms with Gasteiger partial charge >= 0.3 is 0 Å². The maximum atomic E-state index is 14.0. The highest BCUT2D eigenvalue weighted by atomic mass is 79.9. The summed E-state index contributed by atoms with van der Waals surface area (Å²) < 4.78 is 15.1. The lowest BCUT2D eigenvalue weighted by Crippen LogP contribution is -2.41. The van der Waals surface area contributed by atoms with Gasteiger partial charge in [-0.2, -0.15) is 5.26 Å². The van der Waals surface area contributed by atoms with E-state index in [-0.39, 0.29) is 11.2 Å². The first-order chi connectivity index (χ1) is 12.6. The largest absolute Gasteiger partial charge is 0.356 e. The standard InChI is InChI=1S/C20H20BrFN4/c1-24-19(25-12-15-6-5-14(11-23)9-18(15)22)26-13-20(7-8-20)16-3-2-4-17(21)10-16/h2-6,9-10H,7-8,12-13H2,1H3,(H2,24,25,26). The van der Waals surface area contributed by atoms with Gasteiger partial charge in [-0.05, 0) is 42.7 Å². The summed E-state index contributed by atoms with van der Waals surface area (Å²) in [4.78, 5) is 4.22. The Balaban J connectivity index is 1.58. The zero-order chi connectivity index (χ0) is 18.6. The van der Waals surface area contributed by atoms with Crippen LogP contribution in [-0.2, 0) is 12.0 Å². The summed E-state index contributed by atoms with van der Waals surface area (Å²) in [6, 6.07) is 14.8. The Kier molecular flexibility index (Phi) is 5.58. The van der Waals surface area contributed by atoms with Crippen LogP contribution in [0.5, 0.6) is 0 Å². The molecule has 134 valence electrons. The Morgan fingerprint density at radius 3 is 2.69 bits per heavy atom. The van der Waals surface area contributed by atoms with Gasteiger partial charge in [-0.15, -0.1) is 0 Å². The van der Waals surface area contributed by atoms with Crippen LogP contribution >= 0.6 is 15.9 Å². The summed E-state index contributed by atoms with van der Waals surface area (Å²) in [5, 5.41) is 15.3. The van der Waals surface area contributed by atoms with Gasteiger partial charge in [0, 0.05) is 35.6 Å². The first-order valence-electron chi connectivity index (χ1n) is 8.45. The summed E-state index contributed by atoms with van der Waals surface area (Å²) in [7, 11) is 1.70. The average Bonchev–Trinajstić information content (AvgIpc) is 3.44. The second-order valence-electron chi connectivity index (χ2n) is 6.49. The van der Waals surface area contributed by atoms with Crippen LogP contribution in [0.1, 0.15) is 29.5 Å². The predicted molar refractivity (Wildman–Crippen MR) is 104 cm³/mol. The molecule has 6 heteroatoms. The van der Waals surface area contributed by atoms with E-state index in [1.807, 2.05) is 12.1 Å². The van der Waals surface area contributed by atoms with Crippen LogP contribution in [0.2, 0.25) is 0 Å². The van der Waals surface area contributed by atoms with Crippen LogP contribution in [-0.4, -0.2) is 19.6 Å². The summed E-state index contributed by atoms with van der Waals surface area (Å²) in [5.74, 6) is 0.245. The topological polar surface area (TPSA) is 60.2 Å². The molecule has 0 amide bonds. The van der Waals surface area contributed by atoms with Crippen molar-refractivity contribution in [3.63, 3.8) is 0 Å². The first kappa shape index (κ1) is 18.4. The first-order valence-corrected chi connectivity index (χ1v) is 9.25. The highest BCUT2D eigenvalue weighted by Gasteiger charge is 2.44. The van der Waals surface area contributed by atoms with Crippen LogP contribution in [0.15, 0.2) is 51.9 Å². The molecule has 3 rings (SSSR count). The minimum absolute atomic E-state index is 0.140. The number of aliphatic imine (C=N–C) groups is 1. The smallest absolute Gasteiger partial charge is 0.191 e. The molecular formula is C20H20BrFN4. The summed E-state index contributed by atoms with van der Waals surface area (Å²) in [6.45, 7) is 1.08. The Morgan fingerprint density at radius 1 is 1.27 bits per heavy atom. The molecular weight excluding hydrogens is 395 g/mol. The molecule has 26 heavy (non-hydrogen) atoms. The Bertz CT molecular complexity index is 868. The monoisotopic (exact) mass is 414 g/mol. The molecule has 1 aliphatic carbocycles. The number of guanidine groups is 1. The maximum Gasteiger partial charge on any atom is 0.191 e. The fraction of sp³-hybridized carbons (Fsp3) is 0.300. The Labute approximate surface area is 161 Å². The van der Waals surface area contributed by atoms with Crippen LogP contribution in [0.4, 0.5) is 4.39 Å². The molecule has 2 aromatic rings. The van der Waals surface area contributed by atoms with Crippen molar-refractivity contribution in [1.29, 1.82) is 5.26 Å². The van der Waals surface area contributed by atoms with Crippen molar-refractivity contribution < 1.29 is 4.39 Å². The van der Waals surface area contributed by atoms with Crippen LogP contribution in [0.3, 0.4) is 0 Å². The molecule has 2 N–H and O–H groups in total. The van der Waals surface area contributed by atoms with Crippen molar-refractivity contribution in [1.82, 2.24) is 10.6 Å². The van der Waals surface area contributed by atoms with E-state index < -0.39 is 0 Å². The van der Waals surface area contributed by atoms with E-state index in [0.29, 0.717) is 23.6 Å². The summed E-state index contributed by atoms with van der Waals surface area (Å²) in [5.41, 5.74) is 2.27. The third kappa shape index (κ3) is 4.23. The molecule has 0 bridgehead atoms. The molecule has 4 nitrogen and oxygen atoms in total. The number of hydrogen-bond donors (Lipinski definition) is 2. The highest BCUT2D eigenvalue weighted by Crippen LogP contribution is 2.48. The van der Waals surface area contributed by atoms with Crippen molar-refractivity contribution in [2.75, 3.05) is 13.6 Å². The van der Waals surface area contributed by atoms with Crippen LogP contribution in [0.25, 0.3) is 0 Å². The van der Waals surface area contributed by atoms with Gasteiger partial charge in [0.1, 0.15) is 5.82 Å². The third-order valence-electron chi connectivity index (χ3n) is 4.74. The molecule has 0 spiro atoms. The minimum atomic E-state index is -0.389. The van der Waals surface area contributed by atoms with Gasteiger partial charge in [-0.3, -0.25) is 4.99 Å².